The Kier molecular flexibility index (Phi) is 6.17. The van der Waals surface area contributed by atoms with Crippen LogP contribution < -0.4 is 5.32 Å². The minimum Gasteiger partial charge on any atom is -0.385 e. The van der Waals surface area contributed by atoms with Crippen molar-refractivity contribution in [1.82, 2.24) is 4.90 Å². The van der Waals surface area contributed by atoms with Crippen molar-refractivity contribution in [3.8, 4) is 0 Å². The normalized spacial score (nSPS) is 14.1. The zero-order valence-electron chi connectivity index (χ0n) is 12.9. The first-order chi connectivity index (χ1) is 9.36. The van der Waals surface area contributed by atoms with Crippen molar-refractivity contribution in [2.45, 2.75) is 32.3 Å². The fourth-order valence-corrected chi connectivity index (χ4v) is 2.15. The fraction of sp³-hybridized carbons (Fsp3) is 0.562. The van der Waals surface area contributed by atoms with Crippen molar-refractivity contribution in [2.75, 3.05) is 32.5 Å². The van der Waals surface area contributed by atoms with Crippen LogP contribution in [-0.4, -0.2) is 48.6 Å². The molecule has 1 aromatic rings. The summed E-state index contributed by atoms with van der Waals surface area (Å²) in [5, 5.41) is 13.5. The molecule has 0 saturated heterocycles. The average molecular weight is 278 g/mol. The molecule has 112 valence electrons. The average Bonchev–Trinajstić information content (AvgIpc) is 2.37. The summed E-state index contributed by atoms with van der Waals surface area (Å²) in [5.41, 5.74) is 0.181. The Morgan fingerprint density at radius 1 is 1.30 bits per heavy atom. The van der Waals surface area contributed by atoms with Crippen LogP contribution in [0.2, 0.25) is 0 Å². The van der Waals surface area contributed by atoms with Gasteiger partial charge in [-0.05, 0) is 51.7 Å². The van der Waals surface area contributed by atoms with Crippen molar-refractivity contribution >= 4 is 11.5 Å². The SMILES string of the molecule is CCCCNc1ccc(C(=O)C(C)(O)CN(C)C)cc1. The van der Waals surface area contributed by atoms with E-state index in [2.05, 4.69) is 12.2 Å². The van der Waals surface area contributed by atoms with Gasteiger partial charge in [-0.1, -0.05) is 13.3 Å². The second kappa shape index (κ2) is 7.41. The number of carbonyl (C=O) groups is 1. The van der Waals surface area contributed by atoms with E-state index in [-0.39, 0.29) is 5.78 Å². The highest BCUT2D eigenvalue weighted by Gasteiger charge is 2.31. The summed E-state index contributed by atoms with van der Waals surface area (Å²) < 4.78 is 0. The molecule has 0 heterocycles. The Morgan fingerprint density at radius 2 is 1.90 bits per heavy atom. The van der Waals surface area contributed by atoms with Crippen molar-refractivity contribution < 1.29 is 9.90 Å². The summed E-state index contributed by atoms with van der Waals surface area (Å²) in [4.78, 5) is 14.1. The molecule has 20 heavy (non-hydrogen) atoms. The number of rotatable bonds is 8. The molecule has 0 fully saturated rings. The molecule has 4 heteroatoms. The van der Waals surface area contributed by atoms with Gasteiger partial charge in [0.15, 0.2) is 5.78 Å². The molecule has 2 N–H and O–H groups in total. The lowest BCUT2D eigenvalue weighted by molar-refractivity contribution is 0.0285. The maximum absolute atomic E-state index is 12.3. The third kappa shape index (κ3) is 4.94. The molecular formula is C16H26N2O2. The Morgan fingerprint density at radius 3 is 2.40 bits per heavy atom. The number of anilines is 1. The van der Waals surface area contributed by atoms with Gasteiger partial charge in [-0.2, -0.15) is 0 Å². The molecule has 1 atom stereocenters. The number of ketones is 1. The number of benzene rings is 1. The number of hydrogen-bond acceptors (Lipinski definition) is 4. The van der Waals surface area contributed by atoms with Gasteiger partial charge in [-0.25, -0.2) is 0 Å². The van der Waals surface area contributed by atoms with Crippen LogP contribution in [0.4, 0.5) is 5.69 Å². The molecule has 4 nitrogen and oxygen atoms in total. The molecule has 0 aliphatic rings. The maximum Gasteiger partial charge on any atom is 0.195 e. The number of hydrogen-bond donors (Lipinski definition) is 2. The fourth-order valence-electron chi connectivity index (χ4n) is 2.15. The molecule has 0 aliphatic carbocycles. The van der Waals surface area contributed by atoms with Crippen LogP contribution in [0.1, 0.15) is 37.0 Å². The first-order valence-corrected chi connectivity index (χ1v) is 7.12. The van der Waals surface area contributed by atoms with Crippen molar-refractivity contribution in [3.63, 3.8) is 0 Å². The van der Waals surface area contributed by atoms with E-state index >= 15 is 0 Å². The van der Waals surface area contributed by atoms with E-state index in [0.717, 1.165) is 25.1 Å². The highest BCUT2D eigenvalue weighted by Crippen LogP contribution is 2.17. The number of nitrogens with one attached hydrogen (secondary N) is 1. The molecule has 1 rings (SSSR count). The Balaban J connectivity index is 2.70. The largest absolute Gasteiger partial charge is 0.385 e. The molecule has 0 aliphatic heterocycles. The van der Waals surface area contributed by atoms with Crippen LogP contribution in [0.25, 0.3) is 0 Å². The quantitative estimate of drug-likeness (QED) is 0.566. The molecule has 0 bridgehead atoms. The first kappa shape index (κ1) is 16.7. The van der Waals surface area contributed by atoms with Crippen molar-refractivity contribution in [2.24, 2.45) is 0 Å². The summed E-state index contributed by atoms with van der Waals surface area (Å²) in [6, 6.07) is 7.30. The summed E-state index contributed by atoms with van der Waals surface area (Å²) in [6.07, 6.45) is 2.27. The monoisotopic (exact) mass is 278 g/mol. The molecule has 0 saturated carbocycles. The van der Waals surface area contributed by atoms with E-state index in [0.29, 0.717) is 12.1 Å². The standard InChI is InChI=1S/C16H26N2O2/c1-5-6-11-17-14-9-7-13(8-10-14)15(19)16(2,20)12-18(3)4/h7-10,17,20H,5-6,11-12H2,1-4H3. The van der Waals surface area contributed by atoms with Gasteiger partial charge < -0.3 is 15.3 Å². The van der Waals surface area contributed by atoms with E-state index in [1.165, 1.54) is 0 Å². The number of carbonyl (C=O) groups excluding carboxylic acids is 1. The third-order valence-corrected chi connectivity index (χ3v) is 3.12. The van der Waals surface area contributed by atoms with Gasteiger partial charge in [0, 0.05) is 24.3 Å². The lowest BCUT2D eigenvalue weighted by atomic mass is 9.94. The van der Waals surface area contributed by atoms with Crippen LogP contribution in [0.15, 0.2) is 24.3 Å². The predicted molar refractivity (Wildman–Crippen MR) is 83.3 cm³/mol. The lowest BCUT2D eigenvalue weighted by Crippen LogP contribution is -2.44. The molecule has 1 aromatic carbocycles. The van der Waals surface area contributed by atoms with Gasteiger partial charge in [0.2, 0.25) is 0 Å². The van der Waals surface area contributed by atoms with Gasteiger partial charge in [-0.15, -0.1) is 0 Å². The summed E-state index contributed by atoms with van der Waals surface area (Å²) in [6.45, 7) is 4.95. The Labute approximate surface area is 121 Å². The maximum atomic E-state index is 12.3. The van der Waals surface area contributed by atoms with Crippen LogP contribution in [-0.2, 0) is 0 Å². The summed E-state index contributed by atoms with van der Waals surface area (Å²) in [7, 11) is 3.67. The van der Waals surface area contributed by atoms with E-state index in [4.69, 9.17) is 0 Å². The van der Waals surface area contributed by atoms with Gasteiger partial charge >= 0.3 is 0 Å². The smallest absolute Gasteiger partial charge is 0.195 e. The molecular weight excluding hydrogens is 252 g/mol. The highest BCUT2D eigenvalue weighted by molar-refractivity contribution is 6.02. The zero-order chi connectivity index (χ0) is 15.2. The topological polar surface area (TPSA) is 52.6 Å². The number of Topliss-reactive ketones (excluding diaryl/α,β-unsaturated/α-hetero) is 1. The van der Waals surface area contributed by atoms with Crippen LogP contribution in [0.3, 0.4) is 0 Å². The van der Waals surface area contributed by atoms with Crippen molar-refractivity contribution in [3.05, 3.63) is 29.8 Å². The van der Waals surface area contributed by atoms with Crippen molar-refractivity contribution in [1.29, 1.82) is 0 Å². The predicted octanol–water partition coefficient (Wildman–Crippen LogP) is 2.39. The number of unbranched alkanes of at least 4 members (excludes halogenated alkanes) is 1. The summed E-state index contributed by atoms with van der Waals surface area (Å²) in [5.74, 6) is -0.244. The van der Waals surface area contributed by atoms with Gasteiger partial charge in [0.05, 0.1) is 0 Å². The molecule has 1 unspecified atom stereocenters. The number of aliphatic hydroxyl groups is 1. The first-order valence-electron chi connectivity index (χ1n) is 7.12. The lowest BCUT2D eigenvalue weighted by Gasteiger charge is -2.25. The van der Waals surface area contributed by atoms with Gasteiger partial charge in [-0.3, -0.25) is 4.79 Å². The van der Waals surface area contributed by atoms with Crippen LogP contribution in [0, 0.1) is 0 Å². The highest BCUT2D eigenvalue weighted by atomic mass is 16.3. The van der Waals surface area contributed by atoms with Crippen LogP contribution in [0.5, 0.6) is 0 Å². The molecule has 0 spiro atoms. The summed E-state index contributed by atoms with van der Waals surface area (Å²) >= 11 is 0. The van der Waals surface area contributed by atoms with Gasteiger partial charge in [0.25, 0.3) is 0 Å². The van der Waals surface area contributed by atoms with Gasteiger partial charge in [0.1, 0.15) is 5.60 Å². The molecule has 0 radical (unpaired) electrons. The van der Waals surface area contributed by atoms with Crippen LogP contribution >= 0.6 is 0 Å². The second-order valence-corrected chi connectivity index (χ2v) is 5.70. The molecule has 0 amide bonds. The Bertz CT molecular complexity index is 425. The van der Waals surface area contributed by atoms with E-state index in [1.54, 1.807) is 24.0 Å². The second-order valence-electron chi connectivity index (χ2n) is 5.70. The zero-order valence-corrected chi connectivity index (χ0v) is 12.9. The Hall–Kier alpha value is -1.39. The third-order valence-electron chi connectivity index (χ3n) is 3.12. The minimum atomic E-state index is -1.36. The number of likely N-dealkylation sites (N-methyl/N-ethyl adjacent to an activating group) is 1. The van der Waals surface area contributed by atoms with E-state index < -0.39 is 5.60 Å². The molecule has 0 aromatic heterocycles. The van der Waals surface area contributed by atoms with E-state index in [1.807, 2.05) is 26.2 Å². The number of nitrogens with zero attached hydrogens (tertiary/aromatic N) is 1. The minimum absolute atomic E-state index is 0.244. The van der Waals surface area contributed by atoms with E-state index in [9.17, 15) is 9.90 Å².